The molecule has 6 N–H and O–H groups in total. The van der Waals surface area contributed by atoms with Crippen molar-refractivity contribution >= 4 is 5.91 Å². The van der Waals surface area contributed by atoms with Gasteiger partial charge in [-0.25, -0.2) is 5.43 Å². The van der Waals surface area contributed by atoms with E-state index in [9.17, 15) is 20.1 Å². The Kier molecular flexibility index (Phi) is 4.76. The molecule has 0 aliphatic carbocycles. The number of rotatable bonds is 3. The number of nitrogens with one attached hydrogen (secondary N) is 2. The van der Waals surface area contributed by atoms with E-state index in [1.807, 2.05) is 0 Å². The van der Waals surface area contributed by atoms with E-state index in [-0.39, 0.29) is 5.75 Å². The van der Waals surface area contributed by atoms with Gasteiger partial charge in [0.15, 0.2) is 6.23 Å². The summed E-state index contributed by atoms with van der Waals surface area (Å²) in [6.45, 7) is 1.54. The summed E-state index contributed by atoms with van der Waals surface area (Å²) in [6, 6.07) is 5.57. The van der Waals surface area contributed by atoms with Crippen LogP contribution in [0.1, 0.15) is 17.3 Å². The lowest BCUT2D eigenvalue weighted by Crippen LogP contribution is -2.63. The molecule has 1 fully saturated rings. The molecule has 0 saturated carbocycles. The van der Waals surface area contributed by atoms with Gasteiger partial charge in [-0.3, -0.25) is 10.2 Å². The van der Waals surface area contributed by atoms with E-state index in [2.05, 4.69) is 10.9 Å². The predicted octanol–water partition coefficient (Wildman–Crippen LogP) is -1.55. The van der Waals surface area contributed by atoms with E-state index in [1.165, 1.54) is 31.2 Å². The van der Waals surface area contributed by atoms with Gasteiger partial charge in [0.1, 0.15) is 24.1 Å². The van der Waals surface area contributed by atoms with Crippen molar-refractivity contribution in [2.75, 3.05) is 0 Å². The van der Waals surface area contributed by atoms with Gasteiger partial charge in [0.05, 0.1) is 6.10 Å². The van der Waals surface area contributed by atoms with Gasteiger partial charge in [-0.2, -0.15) is 0 Å². The highest BCUT2D eigenvalue weighted by molar-refractivity contribution is 5.93. The van der Waals surface area contributed by atoms with Crippen molar-refractivity contribution in [3.05, 3.63) is 29.8 Å². The Morgan fingerprint density at radius 3 is 2.33 bits per heavy atom. The maximum atomic E-state index is 11.8. The second-order valence-corrected chi connectivity index (χ2v) is 4.88. The number of carbonyl (C=O) groups excluding carboxylic acids is 1. The van der Waals surface area contributed by atoms with E-state index in [0.717, 1.165) is 0 Å². The van der Waals surface area contributed by atoms with E-state index in [4.69, 9.17) is 9.84 Å². The Hall–Kier alpha value is -1.71. The van der Waals surface area contributed by atoms with Gasteiger partial charge in [-0.15, -0.1) is 0 Å². The summed E-state index contributed by atoms with van der Waals surface area (Å²) in [7, 11) is 0. The van der Waals surface area contributed by atoms with Crippen LogP contribution in [-0.2, 0) is 4.74 Å². The molecule has 1 heterocycles. The summed E-state index contributed by atoms with van der Waals surface area (Å²) < 4.78 is 5.26. The van der Waals surface area contributed by atoms with Gasteiger partial charge in [0.25, 0.3) is 5.91 Å². The Morgan fingerprint density at radius 1 is 1.10 bits per heavy atom. The molecule has 1 aliphatic rings. The molecule has 1 saturated heterocycles. The third-order valence-electron chi connectivity index (χ3n) is 3.31. The van der Waals surface area contributed by atoms with Gasteiger partial charge in [0, 0.05) is 5.56 Å². The summed E-state index contributed by atoms with van der Waals surface area (Å²) >= 11 is 0. The van der Waals surface area contributed by atoms with Crippen LogP contribution in [0.25, 0.3) is 0 Å². The molecule has 0 spiro atoms. The fourth-order valence-corrected chi connectivity index (χ4v) is 1.99. The zero-order valence-corrected chi connectivity index (χ0v) is 11.3. The maximum Gasteiger partial charge on any atom is 0.265 e. The molecule has 0 unspecified atom stereocenters. The Labute approximate surface area is 121 Å². The smallest absolute Gasteiger partial charge is 0.265 e. The molecule has 1 aromatic rings. The molecule has 116 valence electrons. The molecule has 0 bridgehead atoms. The number of amides is 1. The molecule has 0 aromatic heterocycles. The molecule has 1 aromatic carbocycles. The fourth-order valence-electron chi connectivity index (χ4n) is 1.99. The van der Waals surface area contributed by atoms with Crippen LogP contribution < -0.4 is 10.9 Å². The number of aliphatic hydroxyl groups excluding tert-OH is 3. The second-order valence-electron chi connectivity index (χ2n) is 4.88. The molecule has 2 rings (SSSR count). The van der Waals surface area contributed by atoms with Gasteiger partial charge in [-0.1, -0.05) is 0 Å². The van der Waals surface area contributed by atoms with Gasteiger partial charge in [-0.05, 0) is 31.2 Å². The number of carbonyl (C=O) groups is 1. The molecule has 8 heteroatoms. The first-order valence-electron chi connectivity index (χ1n) is 6.44. The van der Waals surface area contributed by atoms with E-state index in [0.29, 0.717) is 5.56 Å². The standard InChI is InChI=1S/C13H18N2O6/c1-6-9(17)10(18)11(19)13(21-6)15-14-12(20)7-2-4-8(16)5-3-7/h2-6,9-11,13,15-19H,1H3,(H,14,20)/t6-,9+,10-,11+,13-/m0/s1. The van der Waals surface area contributed by atoms with Crippen LogP contribution in [0.5, 0.6) is 5.75 Å². The van der Waals surface area contributed by atoms with Crippen LogP contribution in [0.15, 0.2) is 24.3 Å². The van der Waals surface area contributed by atoms with Crippen LogP contribution in [0.4, 0.5) is 0 Å². The lowest BCUT2D eigenvalue weighted by molar-refractivity contribution is -0.226. The molecule has 1 aliphatic heterocycles. The molecular weight excluding hydrogens is 280 g/mol. The topological polar surface area (TPSA) is 131 Å². The second kappa shape index (κ2) is 6.37. The highest BCUT2D eigenvalue weighted by atomic mass is 16.5. The van der Waals surface area contributed by atoms with E-state index in [1.54, 1.807) is 0 Å². The average Bonchev–Trinajstić information content (AvgIpc) is 2.48. The highest BCUT2D eigenvalue weighted by Crippen LogP contribution is 2.19. The number of phenolic OH excluding ortho intramolecular Hbond substituents is 1. The summed E-state index contributed by atoms with van der Waals surface area (Å²) in [4.78, 5) is 11.8. The first-order valence-corrected chi connectivity index (χ1v) is 6.44. The van der Waals surface area contributed by atoms with Crippen molar-refractivity contribution in [1.82, 2.24) is 10.9 Å². The van der Waals surface area contributed by atoms with Gasteiger partial charge < -0.3 is 25.2 Å². The first-order chi connectivity index (χ1) is 9.90. The number of hydrogen-bond donors (Lipinski definition) is 6. The highest BCUT2D eigenvalue weighted by Gasteiger charge is 2.41. The zero-order valence-electron chi connectivity index (χ0n) is 11.3. The Bertz CT molecular complexity index is 494. The number of ether oxygens (including phenoxy) is 1. The SMILES string of the molecule is C[C@@H]1O[C@H](NNC(=O)c2ccc(O)cc2)[C@H](O)[C@@H](O)[C@@H]1O. The van der Waals surface area contributed by atoms with Crippen molar-refractivity contribution in [3.8, 4) is 5.75 Å². The van der Waals surface area contributed by atoms with Crippen molar-refractivity contribution in [2.45, 2.75) is 37.6 Å². The fraction of sp³-hybridized carbons (Fsp3) is 0.462. The summed E-state index contributed by atoms with van der Waals surface area (Å²) in [5.41, 5.74) is 5.08. The Balaban J connectivity index is 1.93. The minimum Gasteiger partial charge on any atom is -0.508 e. The predicted molar refractivity (Wildman–Crippen MR) is 71.1 cm³/mol. The van der Waals surface area contributed by atoms with Crippen molar-refractivity contribution in [1.29, 1.82) is 0 Å². The largest absolute Gasteiger partial charge is 0.508 e. The molecule has 5 atom stereocenters. The lowest BCUT2D eigenvalue weighted by atomic mass is 9.99. The van der Waals surface area contributed by atoms with E-state index >= 15 is 0 Å². The minimum atomic E-state index is -1.39. The summed E-state index contributed by atoms with van der Waals surface area (Å²) in [5, 5.41) is 38.1. The van der Waals surface area contributed by atoms with Gasteiger partial charge in [0.2, 0.25) is 0 Å². The van der Waals surface area contributed by atoms with Crippen molar-refractivity contribution in [2.24, 2.45) is 0 Å². The number of aliphatic hydroxyl groups is 3. The van der Waals surface area contributed by atoms with Crippen molar-refractivity contribution < 1.29 is 30.0 Å². The number of benzene rings is 1. The normalized spacial score (nSPS) is 32.7. The minimum absolute atomic E-state index is 0.0384. The Morgan fingerprint density at radius 2 is 1.71 bits per heavy atom. The molecular formula is C13H18N2O6. The monoisotopic (exact) mass is 298 g/mol. The summed E-state index contributed by atoms with van der Waals surface area (Å²) in [6.07, 6.45) is -5.73. The third-order valence-corrected chi connectivity index (χ3v) is 3.31. The summed E-state index contributed by atoms with van der Waals surface area (Å²) in [5.74, 6) is -0.462. The molecule has 21 heavy (non-hydrogen) atoms. The van der Waals surface area contributed by atoms with Crippen LogP contribution >= 0.6 is 0 Å². The number of hydrazine groups is 1. The lowest BCUT2D eigenvalue weighted by Gasteiger charge is -2.39. The third kappa shape index (κ3) is 3.49. The first kappa shape index (κ1) is 15.7. The number of phenols is 1. The average molecular weight is 298 g/mol. The molecule has 0 radical (unpaired) electrons. The van der Waals surface area contributed by atoms with Crippen molar-refractivity contribution in [3.63, 3.8) is 0 Å². The zero-order chi connectivity index (χ0) is 15.6. The maximum absolute atomic E-state index is 11.8. The number of aromatic hydroxyl groups is 1. The van der Waals surface area contributed by atoms with Crippen LogP contribution in [0.3, 0.4) is 0 Å². The van der Waals surface area contributed by atoms with Crippen LogP contribution in [-0.4, -0.2) is 57.0 Å². The van der Waals surface area contributed by atoms with Crippen LogP contribution in [0.2, 0.25) is 0 Å². The number of hydrogen-bond acceptors (Lipinski definition) is 7. The quantitative estimate of drug-likeness (QED) is 0.373. The molecule has 1 amide bonds. The molecule has 8 nitrogen and oxygen atoms in total. The van der Waals surface area contributed by atoms with Gasteiger partial charge >= 0.3 is 0 Å². The van der Waals surface area contributed by atoms with Crippen LogP contribution in [0, 0.1) is 0 Å². The van der Waals surface area contributed by atoms with E-state index < -0.39 is 36.6 Å².